The van der Waals surface area contributed by atoms with E-state index in [0.717, 1.165) is 29.4 Å². The molecule has 1 heterocycles. The second-order valence-corrected chi connectivity index (χ2v) is 7.25. The first kappa shape index (κ1) is 14.9. The van der Waals surface area contributed by atoms with E-state index in [1.807, 2.05) is 30.3 Å². The molecule has 0 amide bonds. The van der Waals surface area contributed by atoms with Gasteiger partial charge in [-0.05, 0) is 30.7 Å². The van der Waals surface area contributed by atoms with Crippen molar-refractivity contribution in [3.63, 3.8) is 0 Å². The lowest BCUT2D eigenvalue weighted by Gasteiger charge is -2.18. The number of para-hydroxylation sites is 1. The first-order valence-corrected chi connectivity index (χ1v) is 8.81. The zero-order valence-corrected chi connectivity index (χ0v) is 12.7. The molecule has 2 rings (SSSR count). The summed E-state index contributed by atoms with van der Waals surface area (Å²) in [6.07, 6.45) is 3.99. The van der Waals surface area contributed by atoms with Crippen molar-refractivity contribution in [3.8, 4) is 0 Å². The summed E-state index contributed by atoms with van der Waals surface area (Å²) in [4.78, 5) is 4.41. The van der Waals surface area contributed by atoms with Gasteiger partial charge in [0.1, 0.15) is 9.84 Å². The van der Waals surface area contributed by atoms with Gasteiger partial charge in [-0.15, -0.1) is 0 Å². The number of rotatable bonds is 6. The Morgan fingerprint density at radius 2 is 2.05 bits per heavy atom. The number of hydrogen-bond donors (Lipinski definition) is 1. The van der Waals surface area contributed by atoms with E-state index >= 15 is 0 Å². The average molecular weight is 292 g/mol. The maximum Gasteiger partial charge on any atom is 0.149 e. The first-order valence-electron chi connectivity index (χ1n) is 6.75. The van der Waals surface area contributed by atoms with Gasteiger partial charge in [0, 0.05) is 23.9 Å². The Kier molecular flexibility index (Phi) is 4.73. The Balaban J connectivity index is 2.34. The topological polar surface area (TPSA) is 59.1 Å². The highest BCUT2D eigenvalue weighted by molar-refractivity contribution is 7.90. The predicted octanol–water partition coefficient (Wildman–Crippen LogP) is 2.32. The molecule has 0 saturated carbocycles. The number of fused-ring (bicyclic) bond motifs is 1. The molecule has 0 fully saturated rings. The highest BCUT2D eigenvalue weighted by atomic mass is 32.2. The lowest BCUT2D eigenvalue weighted by atomic mass is 10.1. The van der Waals surface area contributed by atoms with E-state index < -0.39 is 9.84 Å². The van der Waals surface area contributed by atoms with Crippen molar-refractivity contribution in [1.29, 1.82) is 0 Å². The van der Waals surface area contributed by atoms with Gasteiger partial charge in [0.15, 0.2) is 0 Å². The van der Waals surface area contributed by atoms with Gasteiger partial charge in [0.05, 0.1) is 11.3 Å². The second kappa shape index (κ2) is 6.33. The number of hydrogen-bond acceptors (Lipinski definition) is 4. The summed E-state index contributed by atoms with van der Waals surface area (Å²) in [7, 11) is -3.05. The fourth-order valence-corrected chi connectivity index (χ4v) is 3.09. The van der Waals surface area contributed by atoms with Gasteiger partial charge < -0.3 is 5.32 Å². The molecule has 0 spiro atoms. The molecule has 0 aliphatic heterocycles. The molecule has 2 aromatic rings. The molecule has 1 N–H and O–H groups in total. The van der Waals surface area contributed by atoms with Crippen LogP contribution in [0.25, 0.3) is 10.9 Å². The summed E-state index contributed by atoms with van der Waals surface area (Å²) in [5.74, 6) is 0.0903. The Morgan fingerprint density at radius 1 is 1.30 bits per heavy atom. The van der Waals surface area contributed by atoms with E-state index in [4.69, 9.17) is 0 Å². The summed E-state index contributed by atoms with van der Waals surface area (Å²) in [6.45, 7) is 2.84. The zero-order chi connectivity index (χ0) is 14.6. The number of nitrogens with one attached hydrogen (secondary N) is 1. The molecule has 4 nitrogen and oxygen atoms in total. The summed E-state index contributed by atoms with van der Waals surface area (Å²) < 4.78 is 23.2. The van der Waals surface area contributed by atoms with Gasteiger partial charge in [0.25, 0.3) is 0 Å². The SMILES string of the molecule is CCCNC(CS(C)(=O)=O)c1cnc2ccccc2c1. The average Bonchev–Trinajstić information content (AvgIpc) is 2.41. The van der Waals surface area contributed by atoms with Gasteiger partial charge in [-0.3, -0.25) is 4.98 Å². The molecule has 5 heteroatoms. The van der Waals surface area contributed by atoms with Crippen molar-refractivity contribution < 1.29 is 8.42 Å². The molecule has 1 aromatic heterocycles. The second-order valence-electron chi connectivity index (χ2n) is 5.06. The number of pyridine rings is 1. The lowest BCUT2D eigenvalue weighted by Crippen LogP contribution is -2.28. The third kappa shape index (κ3) is 4.02. The van der Waals surface area contributed by atoms with Crippen molar-refractivity contribution in [2.45, 2.75) is 19.4 Å². The normalized spacial score (nSPS) is 13.5. The number of sulfone groups is 1. The smallest absolute Gasteiger partial charge is 0.149 e. The van der Waals surface area contributed by atoms with Crippen LogP contribution in [0.2, 0.25) is 0 Å². The van der Waals surface area contributed by atoms with Crippen molar-refractivity contribution in [3.05, 3.63) is 42.1 Å². The number of benzene rings is 1. The van der Waals surface area contributed by atoms with E-state index in [1.54, 1.807) is 6.20 Å². The summed E-state index contributed by atoms with van der Waals surface area (Å²) in [6, 6.07) is 9.65. The van der Waals surface area contributed by atoms with E-state index in [0.29, 0.717) is 0 Å². The van der Waals surface area contributed by atoms with Crippen LogP contribution >= 0.6 is 0 Å². The van der Waals surface area contributed by atoms with Gasteiger partial charge in [-0.25, -0.2) is 8.42 Å². The standard InChI is InChI=1S/C15H20N2O2S/c1-3-8-16-15(11-20(2,18)19)13-9-12-6-4-5-7-14(12)17-10-13/h4-7,9-10,15-16H,3,8,11H2,1-2H3. The summed E-state index contributed by atoms with van der Waals surface area (Å²) in [5, 5.41) is 4.32. The summed E-state index contributed by atoms with van der Waals surface area (Å²) >= 11 is 0. The maximum absolute atomic E-state index is 11.6. The Bertz CT molecular complexity index is 683. The molecule has 1 unspecified atom stereocenters. The quantitative estimate of drug-likeness (QED) is 0.887. The van der Waals surface area contributed by atoms with Gasteiger partial charge in [-0.2, -0.15) is 0 Å². The molecule has 1 aromatic carbocycles. The van der Waals surface area contributed by atoms with Gasteiger partial charge >= 0.3 is 0 Å². The monoisotopic (exact) mass is 292 g/mol. The van der Waals surface area contributed by atoms with Crippen molar-refractivity contribution in [1.82, 2.24) is 10.3 Å². The van der Waals surface area contributed by atoms with Crippen LogP contribution in [-0.2, 0) is 9.84 Å². The molecule has 20 heavy (non-hydrogen) atoms. The third-order valence-corrected chi connectivity index (χ3v) is 4.06. The number of nitrogens with zero attached hydrogens (tertiary/aromatic N) is 1. The van der Waals surface area contributed by atoms with Crippen LogP contribution in [0.15, 0.2) is 36.5 Å². The highest BCUT2D eigenvalue weighted by Gasteiger charge is 2.17. The predicted molar refractivity (Wildman–Crippen MR) is 82.5 cm³/mol. The Labute approximate surface area is 120 Å². The maximum atomic E-state index is 11.6. The van der Waals surface area contributed by atoms with Crippen LogP contribution < -0.4 is 5.32 Å². The minimum atomic E-state index is -3.05. The molecule has 0 aliphatic carbocycles. The van der Waals surface area contributed by atoms with E-state index in [2.05, 4.69) is 17.2 Å². The van der Waals surface area contributed by atoms with Crippen LogP contribution in [0.4, 0.5) is 0 Å². The zero-order valence-electron chi connectivity index (χ0n) is 11.8. The molecule has 0 saturated heterocycles. The Morgan fingerprint density at radius 3 is 2.75 bits per heavy atom. The van der Waals surface area contributed by atoms with Gasteiger partial charge in [-0.1, -0.05) is 25.1 Å². The fourth-order valence-electron chi connectivity index (χ4n) is 2.17. The van der Waals surface area contributed by atoms with Crippen molar-refractivity contribution in [2.24, 2.45) is 0 Å². The first-order chi connectivity index (χ1) is 9.49. The molecular weight excluding hydrogens is 272 g/mol. The largest absolute Gasteiger partial charge is 0.309 e. The van der Waals surface area contributed by atoms with E-state index in [-0.39, 0.29) is 11.8 Å². The molecule has 0 bridgehead atoms. The molecule has 1 atom stereocenters. The molecule has 0 radical (unpaired) electrons. The minimum Gasteiger partial charge on any atom is -0.309 e. The van der Waals surface area contributed by atoms with Crippen LogP contribution in [0.3, 0.4) is 0 Å². The molecule has 108 valence electrons. The Hall–Kier alpha value is -1.46. The highest BCUT2D eigenvalue weighted by Crippen LogP contribution is 2.19. The minimum absolute atomic E-state index is 0.0903. The van der Waals surface area contributed by atoms with E-state index in [9.17, 15) is 8.42 Å². The fraction of sp³-hybridized carbons (Fsp3) is 0.400. The molecular formula is C15H20N2O2S. The van der Waals surface area contributed by atoms with Crippen LogP contribution in [0.5, 0.6) is 0 Å². The van der Waals surface area contributed by atoms with Crippen molar-refractivity contribution in [2.75, 3.05) is 18.6 Å². The number of aromatic nitrogens is 1. The third-order valence-electron chi connectivity index (χ3n) is 3.12. The van der Waals surface area contributed by atoms with E-state index in [1.165, 1.54) is 6.26 Å². The van der Waals surface area contributed by atoms with Crippen LogP contribution in [0.1, 0.15) is 24.9 Å². The lowest BCUT2D eigenvalue weighted by molar-refractivity contribution is 0.549. The van der Waals surface area contributed by atoms with Crippen LogP contribution in [-0.4, -0.2) is 32.0 Å². The van der Waals surface area contributed by atoms with Crippen molar-refractivity contribution >= 4 is 20.7 Å². The molecule has 0 aliphatic rings. The van der Waals surface area contributed by atoms with Gasteiger partial charge in [0.2, 0.25) is 0 Å². The summed E-state index contributed by atoms with van der Waals surface area (Å²) in [5.41, 5.74) is 1.84. The van der Waals surface area contributed by atoms with Crippen LogP contribution in [0, 0.1) is 0 Å².